The van der Waals surface area contributed by atoms with E-state index in [1.807, 2.05) is 55.1 Å². The lowest BCUT2D eigenvalue weighted by atomic mass is 10.1. The predicted octanol–water partition coefficient (Wildman–Crippen LogP) is 4.36. The molecule has 2 heterocycles. The molecule has 3 rings (SSSR count). The molecule has 0 saturated carbocycles. The first-order valence-corrected chi connectivity index (χ1v) is 9.86. The van der Waals surface area contributed by atoms with Crippen LogP contribution in [0.1, 0.15) is 36.6 Å². The van der Waals surface area contributed by atoms with Crippen LogP contribution in [0.3, 0.4) is 0 Å². The van der Waals surface area contributed by atoms with Crippen molar-refractivity contribution in [2.75, 3.05) is 11.9 Å². The number of benzene rings is 1. The standard InChI is InChI=1S/C21H23N3O3S/c1-13(2)23-8-7-16(11-23)10-18-20(26)24(21(27)28-18)12-19(25)22-17-6-5-14(3)9-15(17)4/h5-11,13H,12H2,1-4H3,(H,22,25)/b18-10+. The molecule has 1 fully saturated rings. The Hall–Kier alpha value is -2.80. The maximum absolute atomic E-state index is 12.6. The number of thioether (sulfide) groups is 1. The minimum absolute atomic E-state index is 0.303. The summed E-state index contributed by atoms with van der Waals surface area (Å²) in [5, 5.41) is 2.33. The van der Waals surface area contributed by atoms with Gasteiger partial charge in [-0.3, -0.25) is 19.3 Å². The molecule has 1 aliphatic heterocycles. The lowest BCUT2D eigenvalue weighted by Crippen LogP contribution is -2.36. The van der Waals surface area contributed by atoms with Gasteiger partial charge in [-0.15, -0.1) is 0 Å². The molecule has 1 aromatic carbocycles. The number of hydrogen-bond acceptors (Lipinski definition) is 4. The third-order valence-electron chi connectivity index (χ3n) is 4.46. The van der Waals surface area contributed by atoms with E-state index in [-0.39, 0.29) is 6.54 Å². The smallest absolute Gasteiger partial charge is 0.294 e. The summed E-state index contributed by atoms with van der Waals surface area (Å²) in [6.07, 6.45) is 5.54. The van der Waals surface area contributed by atoms with Crippen molar-refractivity contribution in [2.24, 2.45) is 0 Å². The van der Waals surface area contributed by atoms with Crippen LogP contribution in [0.2, 0.25) is 0 Å². The van der Waals surface area contributed by atoms with Gasteiger partial charge in [0.2, 0.25) is 5.91 Å². The first-order chi connectivity index (χ1) is 13.2. The highest BCUT2D eigenvalue weighted by Crippen LogP contribution is 2.32. The Morgan fingerprint density at radius 2 is 1.96 bits per heavy atom. The average Bonchev–Trinajstić information content (AvgIpc) is 3.18. The maximum atomic E-state index is 12.6. The van der Waals surface area contributed by atoms with Gasteiger partial charge >= 0.3 is 0 Å². The van der Waals surface area contributed by atoms with Gasteiger partial charge in [0.05, 0.1) is 4.91 Å². The SMILES string of the molecule is Cc1ccc(NC(=O)CN2C(=O)S/C(=C/c3ccn(C(C)C)c3)C2=O)c(C)c1. The van der Waals surface area contributed by atoms with Gasteiger partial charge in [0.25, 0.3) is 11.1 Å². The highest BCUT2D eigenvalue weighted by Gasteiger charge is 2.36. The van der Waals surface area contributed by atoms with E-state index >= 15 is 0 Å². The number of aryl methyl sites for hydroxylation is 2. The molecule has 2 aromatic rings. The minimum Gasteiger partial charge on any atom is -0.351 e. The van der Waals surface area contributed by atoms with Crippen molar-refractivity contribution in [2.45, 2.75) is 33.7 Å². The van der Waals surface area contributed by atoms with E-state index in [0.717, 1.165) is 33.4 Å². The van der Waals surface area contributed by atoms with Crippen molar-refractivity contribution in [1.82, 2.24) is 9.47 Å². The van der Waals surface area contributed by atoms with Gasteiger partial charge in [0.1, 0.15) is 6.54 Å². The largest absolute Gasteiger partial charge is 0.351 e. The number of imide groups is 1. The van der Waals surface area contributed by atoms with Crippen LogP contribution in [0.5, 0.6) is 0 Å². The van der Waals surface area contributed by atoms with E-state index in [4.69, 9.17) is 0 Å². The quantitative estimate of drug-likeness (QED) is 0.761. The molecular formula is C21H23N3O3S. The normalized spacial score (nSPS) is 15.8. The highest BCUT2D eigenvalue weighted by molar-refractivity contribution is 8.18. The van der Waals surface area contributed by atoms with Crippen LogP contribution >= 0.6 is 11.8 Å². The Bertz CT molecular complexity index is 975. The Morgan fingerprint density at radius 1 is 1.21 bits per heavy atom. The Labute approximate surface area is 168 Å². The third-order valence-corrected chi connectivity index (χ3v) is 5.37. The third kappa shape index (κ3) is 4.36. The fourth-order valence-corrected chi connectivity index (χ4v) is 3.75. The summed E-state index contributed by atoms with van der Waals surface area (Å²) in [4.78, 5) is 38.5. The topological polar surface area (TPSA) is 71.4 Å². The number of carbonyl (C=O) groups is 3. The van der Waals surface area contributed by atoms with Gasteiger partial charge in [-0.05, 0) is 68.8 Å². The molecule has 0 bridgehead atoms. The van der Waals surface area contributed by atoms with E-state index in [1.165, 1.54) is 0 Å². The van der Waals surface area contributed by atoms with Crippen molar-refractivity contribution in [1.29, 1.82) is 0 Å². The number of anilines is 1. The van der Waals surface area contributed by atoms with Crippen LogP contribution in [0.4, 0.5) is 10.5 Å². The van der Waals surface area contributed by atoms with Gasteiger partial charge in [0.15, 0.2) is 0 Å². The minimum atomic E-state index is -0.442. The molecule has 0 unspecified atom stereocenters. The first-order valence-electron chi connectivity index (χ1n) is 9.04. The Balaban J connectivity index is 1.69. The van der Waals surface area contributed by atoms with E-state index in [2.05, 4.69) is 19.2 Å². The lowest BCUT2D eigenvalue weighted by Gasteiger charge is -2.13. The highest BCUT2D eigenvalue weighted by atomic mass is 32.2. The predicted molar refractivity (Wildman–Crippen MR) is 112 cm³/mol. The Morgan fingerprint density at radius 3 is 2.61 bits per heavy atom. The van der Waals surface area contributed by atoms with Gasteiger partial charge in [0, 0.05) is 24.1 Å². The summed E-state index contributed by atoms with van der Waals surface area (Å²) in [6, 6.07) is 7.87. The van der Waals surface area contributed by atoms with Crippen LogP contribution in [0.25, 0.3) is 6.08 Å². The zero-order valence-corrected chi connectivity index (χ0v) is 17.2. The molecule has 0 atom stereocenters. The molecule has 146 valence electrons. The van der Waals surface area contributed by atoms with Crippen LogP contribution in [0.15, 0.2) is 41.6 Å². The molecule has 1 aliphatic rings. The number of rotatable bonds is 5. The first kappa shape index (κ1) is 19.9. The molecule has 0 aliphatic carbocycles. The monoisotopic (exact) mass is 397 g/mol. The molecule has 1 N–H and O–H groups in total. The van der Waals surface area contributed by atoms with Crippen LogP contribution in [-0.4, -0.2) is 33.1 Å². The Kier molecular flexibility index (Phi) is 5.74. The summed E-state index contributed by atoms with van der Waals surface area (Å²) < 4.78 is 2.02. The zero-order chi connectivity index (χ0) is 20.4. The molecule has 0 radical (unpaired) electrons. The molecule has 1 saturated heterocycles. The number of amides is 3. The second-order valence-electron chi connectivity index (χ2n) is 7.12. The van der Waals surface area contributed by atoms with Crippen molar-refractivity contribution in [3.05, 3.63) is 58.3 Å². The maximum Gasteiger partial charge on any atom is 0.294 e. The number of nitrogens with zero attached hydrogens (tertiary/aromatic N) is 2. The number of hydrogen-bond donors (Lipinski definition) is 1. The average molecular weight is 398 g/mol. The summed E-state index contributed by atoms with van der Waals surface area (Å²) in [7, 11) is 0. The van der Waals surface area contributed by atoms with Crippen LogP contribution in [0, 0.1) is 13.8 Å². The summed E-state index contributed by atoms with van der Waals surface area (Å²) >= 11 is 0.857. The molecule has 0 spiro atoms. The zero-order valence-electron chi connectivity index (χ0n) is 16.4. The summed E-state index contributed by atoms with van der Waals surface area (Å²) in [5.41, 5.74) is 3.54. The van der Waals surface area contributed by atoms with Crippen molar-refractivity contribution in [3.63, 3.8) is 0 Å². The fourth-order valence-electron chi connectivity index (χ4n) is 2.91. The van der Waals surface area contributed by atoms with Gasteiger partial charge in [-0.2, -0.15) is 0 Å². The molecular weight excluding hydrogens is 374 g/mol. The number of aromatic nitrogens is 1. The van der Waals surface area contributed by atoms with Crippen LogP contribution < -0.4 is 5.32 Å². The molecule has 7 heteroatoms. The van der Waals surface area contributed by atoms with Crippen molar-refractivity contribution >= 4 is 40.6 Å². The second-order valence-corrected chi connectivity index (χ2v) is 8.11. The number of carbonyl (C=O) groups excluding carboxylic acids is 3. The molecule has 28 heavy (non-hydrogen) atoms. The molecule has 1 aromatic heterocycles. The van der Waals surface area contributed by atoms with Gasteiger partial charge in [-0.1, -0.05) is 17.7 Å². The summed E-state index contributed by atoms with van der Waals surface area (Å²) in [6.45, 7) is 7.69. The van der Waals surface area contributed by atoms with E-state index in [0.29, 0.717) is 16.6 Å². The lowest BCUT2D eigenvalue weighted by molar-refractivity contribution is -0.127. The van der Waals surface area contributed by atoms with Gasteiger partial charge < -0.3 is 9.88 Å². The second kappa shape index (κ2) is 8.06. The van der Waals surface area contributed by atoms with Crippen LogP contribution in [-0.2, 0) is 9.59 Å². The van der Waals surface area contributed by atoms with E-state index < -0.39 is 17.1 Å². The summed E-state index contributed by atoms with van der Waals surface area (Å²) in [5.74, 6) is -0.843. The molecule has 3 amide bonds. The van der Waals surface area contributed by atoms with E-state index in [9.17, 15) is 14.4 Å². The van der Waals surface area contributed by atoms with Crippen molar-refractivity contribution in [3.8, 4) is 0 Å². The van der Waals surface area contributed by atoms with Gasteiger partial charge in [-0.25, -0.2) is 0 Å². The van der Waals surface area contributed by atoms with Crippen molar-refractivity contribution < 1.29 is 14.4 Å². The fraction of sp³-hybridized carbons (Fsp3) is 0.286. The number of nitrogens with one attached hydrogen (secondary N) is 1. The molecule has 6 nitrogen and oxygen atoms in total. The van der Waals surface area contributed by atoms with E-state index in [1.54, 1.807) is 6.08 Å².